The molecule has 0 bridgehead atoms. The van der Waals surface area contributed by atoms with Crippen molar-refractivity contribution in [2.24, 2.45) is 0 Å². The van der Waals surface area contributed by atoms with Crippen LogP contribution in [0.1, 0.15) is 25.7 Å². The molecule has 1 unspecified atom stereocenters. The molecular weight excluding hydrogens is 222 g/mol. The smallest absolute Gasteiger partial charge is 0.226 e. The molecule has 2 rings (SSSR count). The van der Waals surface area contributed by atoms with Crippen molar-refractivity contribution in [1.29, 1.82) is 0 Å². The lowest BCUT2D eigenvalue weighted by molar-refractivity contribution is 0.326. The number of aromatic amines is 1. The third-order valence-electron chi connectivity index (χ3n) is 2.02. The quantitative estimate of drug-likeness (QED) is 0.780. The summed E-state index contributed by atoms with van der Waals surface area (Å²) < 4.78 is 5.28. The minimum Gasteiger partial charge on any atom is -0.478 e. The molecule has 2 heterocycles. The van der Waals surface area contributed by atoms with Crippen LogP contribution >= 0.6 is 0 Å². The van der Waals surface area contributed by atoms with Gasteiger partial charge in [0.25, 0.3) is 0 Å². The Morgan fingerprint density at radius 1 is 1.53 bits per heavy atom. The van der Waals surface area contributed by atoms with Crippen LogP contribution in [0.25, 0.3) is 0 Å². The van der Waals surface area contributed by atoms with Gasteiger partial charge in [0.2, 0.25) is 11.8 Å². The fourth-order valence-electron chi connectivity index (χ4n) is 1.25. The summed E-state index contributed by atoms with van der Waals surface area (Å²) >= 11 is 0. The molecule has 0 amide bonds. The molecule has 1 atom stereocenters. The van der Waals surface area contributed by atoms with Gasteiger partial charge in [0.1, 0.15) is 0 Å². The van der Waals surface area contributed by atoms with E-state index in [1.807, 2.05) is 13.8 Å². The first-order valence-corrected chi connectivity index (χ1v) is 5.25. The SMILES string of the molecule is CCOc1ccnc(NC(C)c2nn[nH]n2)n1. The summed E-state index contributed by atoms with van der Waals surface area (Å²) in [6, 6.07) is 1.57. The summed E-state index contributed by atoms with van der Waals surface area (Å²) in [4.78, 5) is 8.26. The van der Waals surface area contributed by atoms with Gasteiger partial charge in [-0.1, -0.05) is 5.21 Å². The third-order valence-corrected chi connectivity index (χ3v) is 2.02. The molecule has 0 aliphatic carbocycles. The van der Waals surface area contributed by atoms with Gasteiger partial charge in [0.05, 0.1) is 12.6 Å². The van der Waals surface area contributed by atoms with Crippen molar-refractivity contribution in [1.82, 2.24) is 30.6 Å². The van der Waals surface area contributed by atoms with Gasteiger partial charge in [-0.2, -0.15) is 10.2 Å². The number of ether oxygens (including phenoxy) is 1. The van der Waals surface area contributed by atoms with E-state index >= 15 is 0 Å². The average Bonchev–Trinajstić information content (AvgIpc) is 2.83. The molecule has 0 aliphatic rings. The number of rotatable bonds is 5. The molecule has 2 N–H and O–H groups in total. The van der Waals surface area contributed by atoms with E-state index in [0.717, 1.165) is 0 Å². The maximum Gasteiger partial charge on any atom is 0.226 e. The molecule has 0 saturated heterocycles. The van der Waals surface area contributed by atoms with E-state index in [-0.39, 0.29) is 6.04 Å². The molecule has 8 heteroatoms. The van der Waals surface area contributed by atoms with E-state index in [0.29, 0.717) is 24.3 Å². The highest BCUT2D eigenvalue weighted by atomic mass is 16.5. The molecule has 2 aromatic rings. The van der Waals surface area contributed by atoms with Crippen molar-refractivity contribution >= 4 is 5.95 Å². The Labute approximate surface area is 97.8 Å². The Bertz CT molecular complexity index is 458. The maximum absolute atomic E-state index is 5.28. The molecule has 0 spiro atoms. The minimum absolute atomic E-state index is 0.134. The third kappa shape index (κ3) is 2.86. The normalized spacial score (nSPS) is 12.1. The van der Waals surface area contributed by atoms with Crippen LogP contribution in [-0.2, 0) is 0 Å². The Balaban J connectivity index is 2.05. The molecule has 0 fully saturated rings. The van der Waals surface area contributed by atoms with Gasteiger partial charge < -0.3 is 10.1 Å². The summed E-state index contributed by atoms with van der Waals surface area (Å²) in [5.74, 6) is 1.55. The van der Waals surface area contributed by atoms with E-state index in [1.54, 1.807) is 12.3 Å². The Morgan fingerprint density at radius 2 is 2.41 bits per heavy atom. The highest BCUT2D eigenvalue weighted by Crippen LogP contribution is 2.13. The second kappa shape index (κ2) is 5.19. The van der Waals surface area contributed by atoms with Crippen molar-refractivity contribution in [3.05, 3.63) is 18.1 Å². The predicted molar refractivity (Wildman–Crippen MR) is 59.4 cm³/mol. The van der Waals surface area contributed by atoms with Crippen LogP contribution in [0, 0.1) is 0 Å². The van der Waals surface area contributed by atoms with Crippen molar-refractivity contribution in [2.75, 3.05) is 11.9 Å². The van der Waals surface area contributed by atoms with Crippen molar-refractivity contribution in [3.8, 4) is 5.88 Å². The summed E-state index contributed by atoms with van der Waals surface area (Å²) in [6.07, 6.45) is 1.63. The van der Waals surface area contributed by atoms with Crippen LogP contribution in [-0.4, -0.2) is 37.2 Å². The fraction of sp³-hybridized carbons (Fsp3) is 0.444. The Hall–Kier alpha value is -2.25. The lowest BCUT2D eigenvalue weighted by Crippen LogP contribution is -2.11. The number of hydrogen-bond donors (Lipinski definition) is 2. The van der Waals surface area contributed by atoms with Crippen LogP contribution in [0.2, 0.25) is 0 Å². The first kappa shape index (κ1) is 11.2. The van der Waals surface area contributed by atoms with Crippen LogP contribution in [0.4, 0.5) is 5.95 Å². The van der Waals surface area contributed by atoms with Crippen molar-refractivity contribution in [3.63, 3.8) is 0 Å². The molecule has 17 heavy (non-hydrogen) atoms. The summed E-state index contributed by atoms with van der Waals surface area (Å²) in [5.41, 5.74) is 0. The number of tetrazole rings is 1. The van der Waals surface area contributed by atoms with Gasteiger partial charge in [0, 0.05) is 12.3 Å². The summed E-state index contributed by atoms with van der Waals surface area (Å²) in [6.45, 7) is 4.36. The van der Waals surface area contributed by atoms with Gasteiger partial charge in [-0.3, -0.25) is 0 Å². The molecule has 8 nitrogen and oxygen atoms in total. The van der Waals surface area contributed by atoms with E-state index in [2.05, 4.69) is 35.9 Å². The highest BCUT2D eigenvalue weighted by Gasteiger charge is 2.11. The zero-order valence-corrected chi connectivity index (χ0v) is 9.58. The number of hydrogen-bond acceptors (Lipinski definition) is 7. The highest BCUT2D eigenvalue weighted by molar-refractivity contribution is 5.29. The largest absolute Gasteiger partial charge is 0.478 e. The van der Waals surface area contributed by atoms with Gasteiger partial charge in [0.15, 0.2) is 5.82 Å². The second-order valence-electron chi connectivity index (χ2n) is 3.29. The van der Waals surface area contributed by atoms with Crippen molar-refractivity contribution in [2.45, 2.75) is 19.9 Å². The minimum atomic E-state index is -0.134. The number of anilines is 1. The Morgan fingerprint density at radius 3 is 3.12 bits per heavy atom. The molecule has 0 saturated carbocycles. The topological polar surface area (TPSA) is 102 Å². The molecule has 0 aliphatic heterocycles. The molecule has 90 valence electrons. The van der Waals surface area contributed by atoms with Crippen molar-refractivity contribution < 1.29 is 4.74 Å². The number of aromatic nitrogens is 6. The van der Waals surface area contributed by atoms with Crippen LogP contribution in [0.15, 0.2) is 12.3 Å². The van der Waals surface area contributed by atoms with Crippen LogP contribution in [0.5, 0.6) is 5.88 Å². The fourth-order valence-corrected chi connectivity index (χ4v) is 1.25. The second-order valence-corrected chi connectivity index (χ2v) is 3.29. The van der Waals surface area contributed by atoms with Crippen LogP contribution in [0.3, 0.4) is 0 Å². The monoisotopic (exact) mass is 235 g/mol. The lowest BCUT2D eigenvalue weighted by Gasteiger charge is -2.10. The van der Waals surface area contributed by atoms with Gasteiger partial charge >= 0.3 is 0 Å². The zero-order chi connectivity index (χ0) is 12.1. The summed E-state index contributed by atoms with van der Waals surface area (Å²) in [7, 11) is 0. The summed E-state index contributed by atoms with van der Waals surface area (Å²) in [5, 5.41) is 16.7. The van der Waals surface area contributed by atoms with Crippen LogP contribution < -0.4 is 10.1 Å². The zero-order valence-electron chi connectivity index (χ0n) is 9.58. The molecule has 0 radical (unpaired) electrons. The number of nitrogens with one attached hydrogen (secondary N) is 2. The van der Waals surface area contributed by atoms with E-state index in [9.17, 15) is 0 Å². The van der Waals surface area contributed by atoms with Gasteiger partial charge in [-0.05, 0) is 13.8 Å². The molecule has 0 aromatic carbocycles. The average molecular weight is 235 g/mol. The standard InChI is InChI=1S/C9H13N7O/c1-3-17-7-4-5-10-9(12-7)11-6(2)8-13-15-16-14-8/h4-6H,3H2,1-2H3,(H,10,11,12)(H,13,14,15,16). The maximum atomic E-state index is 5.28. The number of nitrogens with zero attached hydrogens (tertiary/aromatic N) is 5. The predicted octanol–water partition coefficient (Wildman–Crippen LogP) is 0.561. The first-order chi connectivity index (χ1) is 8.29. The van der Waals surface area contributed by atoms with Gasteiger partial charge in [-0.25, -0.2) is 4.98 Å². The molecule has 2 aromatic heterocycles. The van der Waals surface area contributed by atoms with E-state index in [4.69, 9.17) is 4.74 Å². The van der Waals surface area contributed by atoms with E-state index < -0.39 is 0 Å². The van der Waals surface area contributed by atoms with E-state index in [1.165, 1.54) is 0 Å². The Kier molecular flexibility index (Phi) is 3.43. The van der Waals surface area contributed by atoms with Gasteiger partial charge in [-0.15, -0.1) is 10.2 Å². The first-order valence-electron chi connectivity index (χ1n) is 5.25. The number of H-pyrrole nitrogens is 1. The lowest BCUT2D eigenvalue weighted by atomic mass is 10.3. The molecular formula is C9H13N7O.